The van der Waals surface area contributed by atoms with Gasteiger partial charge < -0.3 is 9.13 Å². The van der Waals surface area contributed by atoms with Gasteiger partial charge in [0.05, 0.1) is 62.7 Å². The Hall–Kier alpha value is -7.39. The Morgan fingerprint density at radius 1 is 0.380 bits per heavy atom. The first-order valence-corrected chi connectivity index (χ1v) is 16.3. The number of para-hydroxylation sites is 2. The molecule has 5 nitrogen and oxygen atoms in total. The molecule has 2 aromatic heterocycles. The second-order valence-corrected chi connectivity index (χ2v) is 12.3. The predicted molar refractivity (Wildman–Crippen MR) is 200 cm³/mol. The van der Waals surface area contributed by atoms with Crippen LogP contribution in [0.25, 0.3) is 77.2 Å². The van der Waals surface area contributed by atoms with E-state index in [1.807, 2.05) is 54.6 Å². The molecule has 0 N–H and O–H groups in total. The average Bonchev–Trinajstić information content (AvgIpc) is 3.69. The summed E-state index contributed by atoms with van der Waals surface area (Å²) in [7, 11) is 0. The molecule has 5 heteroatoms. The van der Waals surface area contributed by atoms with Gasteiger partial charge >= 0.3 is 0 Å². The van der Waals surface area contributed by atoms with Crippen molar-refractivity contribution in [1.29, 1.82) is 15.8 Å². The maximum Gasteiger partial charge on any atom is 0.0998 e. The van der Waals surface area contributed by atoms with Crippen LogP contribution in [0.4, 0.5) is 0 Å². The van der Waals surface area contributed by atoms with Crippen LogP contribution in [0.15, 0.2) is 152 Å². The Labute approximate surface area is 287 Å². The zero-order chi connectivity index (χ0) is 33.8. The van der Waals surface area contributed by atoms with E-state index in [2.05, 4.69) is 112 Å². The number of hydrogen-bond donors (Lipinski definition) is 0. The summed E-state index contributed by atoms with van der Waals surface area (Å²) < 4.78 is 4.45. The molecule has 0 aliphatic carbocycles. The van der Waals surface area contributed by atoms with Crippen molar-refractivity contribution in [2.45, 2.75) is 0 Å². The van der Waals surface area contributed by atoms with Crippen molar-refractivity contribution < 1.29 is 0 Å². The summed E-state index contributed by atoms with van der Waals surface area (Å²) in [4.78, 5) is 0. The van der Waals surface area contributed by atoms with Crippen molar-refractivity contribution in [3.05, 3.63) is 168 Å². The van der Waals surface area contributed by atoms with Crippen LogP contribution in [-0.2, 0) is 0 Å². The number of benzene rings is 7. The highest BCUT2D eigenvalue weighted by Gasteiger charge is 2.19. The molecule has 0 amide bonds. The van der Waals surface area contributed by atoms with Crippen LogP contribution in [0.1, 0.15) is 16.7 Å². The van der Waals surface area contributed by atoms with Gasteiger partial charge in [-0.2, -0.15) is 15.8 Å². The summed E-state index contributed by atoms with van der Waals surface area (Å²) in [5, 5.41) is 33.9. The smallest absolute Gasteiger partial charge is 0.0998 e. The maximum atomic E-state index is 10.4. The topological polar surface area (TPSA) is 81.2 Å². The largest absolute Gasteiger partial charge is 0.309 e. The third-order valence-corrected chi connectivity index (χ3v) is 9.62. The molecule has 0 aliphatic heterocycles. The molecule has 2 heterocycles. The monoisotopic (exact) mass is 635 g/mol. The first-order chi connectivity index (χ1) is 24.7. The normalized spacial score (nSPS) is 11.1. The van der Waals surface area contributed by atoms with Crippen LogP contribution in [-0.4, -0.2) is 9.13 Å². The zero-order valence-electron chi connectivity index (χ0n) is 26.7. The van der Waals surface area contributed by atoms with E-state index >= 15 is 0 Å². The van der Waals surface area contributed by atoms with Gasteiger partial charge in [0.15, 0.2) is 0 Å². The first kappa shape index (κ1) is 28.8. The zero-order valence-corrected chi connectivity index (χ0v) is 26.7. The molecule has 0 fully saturated rings. The molecule has 0 saturated heterocycles. The van der Waals surface area contributed by atoms with E-state index < -0.39 is 0 Å². The lowest BCUT2D eigenvalue weighted by atomic mass is 9.94. The van der Waals surface area contributed by atoms with Gasteiger partial charge in [-0.1, -0.05) is 72.8 Å². The van der Waals surface area contributed by atoms with E-state index in [4.69, 9.17) is 0 Å². The molecular weight excluding hydrogens is 611 g/mol. The lowest BCUT2D eigenvalue weighted by Gasteiger charge is -2.16. The summed E-state index contributed by atoms with van der Waals surface area (Å²) in [6, 6.07) is 57.9. The van der Waals surface area contributed by atoms with Gasteiger partial charge in [0.2, 0.25) is 0 Å². The van der Waals surface area contributed by atoms with Gasteiger partial charge in [-0.3, -0.25) is 0 Å². The van der Waals surface area contributed by atoms with Crippen molar-refractivity contribution in [2.75, 3.05) is 0 Å². The number of nitriles is 3. The van der Waals surface area contributed by atoms with E-state index in [1.165, 1.54) is 21.8 Å². The second-order valence-electron chi connectivity index (χ2n) is 12.3. The summed E-state index contributed by atoms with van der Waals surface area (Å²) >= 11 is 0. The Morgan fingerprint density at radius 3 is 1.54 bits per heavy atom. The van der Waals surface area contributed by atoms with Crippen LogP contribution in [0.3, 0.4) is 0 Å². The summed E-state index contributed by atoms with van der Waals surface area (Å²) in [5.41, 5.74) is 11.5. The molecule has 9 rings (SSSR count). The van der Waals surface area contributed by atoms with E-state index in [9.17, 15) is 15.8 Å². The second kappa shape index (κ2) is 11.4. The maximum absolute atomic E-state index is 10.4. The number of rotatable bonds is 4. The lowest BCUT2D eigenvalue weighted by Crippen LogP contribution is -1.99. The fraction of sp³-hybridized carbons (Fsp3) is 0. The Morgan fingerprint density at radius 2 is 0.940 bits per heavy atom. The number of hydrogen-bond acceptors (Lipinski definition) is 3. The van der Waals surface area contributed by atoms with Crippen molar-refractivity contribution in [3.8, 4) is 51.8 Å². The first-order valence-electron chi connectivity index (χ1n) is 16.3. The number of fused-ring (bicyclic) bond motifs is 6. The molecule has 230 valence electrons. The van der Waals surface area contributed by atoms with Crippen molar-refractivity contribution >= 4 is 43.6 Å². The van der Waals surface area contributed by atoms with Gasteiger partial charge in [0.1, 0.15) is 0 Å². The van der Waals surface area contributed by atoms with Crippen LogP contribution < -0.4 is 0 Å². The minimum Gasteiger partial charge on any atom is -0.309 e. The Balaban J connectivity index is 1.20. The van der Waals surface area contributed by atoms with Gasteiger partial charge in [-0.25, -0.2) is 0 Å². The third-order valence-electron chi connectivity index (χ3n) is 9.62. The van der Waals surface area contributed by atoms with E-state index in [0.29, 0.717) is 16.7 Å². The minimum absolute atomic E-state index is 0.543. The van der Waals surface area contributed by atoms with E-state index in [0.717, 1.165) is 55.4 Å². The highest BCUT2D eigenvalue weighted by atomic mass is 15.0. The van der Waals surface area contributed by atoms with Gasteiger partial charge in [-0.05, 0) is 95.6 Å². The Kier molecular flexibility index (Phi) is 6.56. The fourth-order valence-electron chi connectivity index (χ4n) is 7.40. The summed E-state index contributed by atoms with van der Waals surface area (Å²) in [5.74, 6) is 0. The lowest BCUT2D eigenvalue weighted by molar-refractivity contribution is 1.18. The number of aromatic nitrogens is 2. The molecule has 0 atom stereocenters. The molecule has 0 radical (unpaired) electrons. The molecule has 50 heavy (non-hydrogen) atoms. The van der Waals surface area contributed by atoms with Crippen LogP contribution in [0.5, 0.6) is 0 Å². The molecule has 0 aliphatic rings. The molecule has 7 aromatic carbocycles. The summed E-state index contributed by atoms with van der Waals surface area (Å²) in [6.45, 7) is 0. The molecule has 0 bridgehead atoms. The SMILES string of the molecule is N#Cc1ccc2c(c1)c1cc(C#N)ccc1n2-c1cccc(C#N)c1-c1cccc(-c2ccc(-n3c4ccccc4c4ccccc43)cc2)c1. The molecule has 0 saturated carbocycles. The van der Waals surface area contributed by atoms with Crippen LogP contribution >= 0.6 is 0 Å². The van der Waals surface area contributed by atoms with Crippen molar-refractivity contribution in [2.24, 2.45) is 0 Å². The molecule has 0 spiro atoms. The van der Waals surface area contributed by atoms with Gasteiger partial charge in [-0.15, -0.1) is 0 Å². The minimum atomic E-state index is 0.543. The van der Waals surface area contributed by atoms with Crippen LogP contribution in [0.2, 0.25) is 0 Å². The third kappa shape index (κ3) is 4.38. The standard InChI is InChI=1S/C45H25N5/c46-26-29-15-21-42-38(23-29)39-24-30(27-47)16-22-43(39)50(42)44-14-6-9-34(28-48)45(44)33-8-5-7-32(25-33)31-17-19-35(20-18-31)49-40-12-3-1-10-36(40)37-11-2-4-13-41(37)49/h1-25H. The summed E-state index contributed by atoms with van der Waals surface area (Å²) in [6.07, 6.45) is 0. The Bertz CT molecular complexity index is 2830. The average molecular weight is 636 g/mol. The highest BCUT2D eigenvalue weighted by Crippen LogP contribution is 2.40. The molecular formula is C45H25N5. The number of nitrogens with zero attached hydrogens (tertiary/aromatic N) is 5. The van der Waals surface area contributed by atoms with Gasteiger partial charge in [0.25, 0.3) is 0 Å². The molecule has 0 unspecified atom stereocenters. The predicted octanol–water partition coefficient (Wildman–Crippen LogP) is 10.8. The molecule has 9 aromatic rings. The van der Waals surface area contributed by atoms with Gasteiger partial charge in [0, 0.05) is 32.8 Å². The van der Waals surface area contributed by atoms with E-state index in [1.54, 1.807) is 12.1 Å². The highest BCUT2D eigenvalue weighted by molar-refractivity contribution is 6.11. The van der Waals surface area contributed by atoms with Crippen molar-refractivity contribution in [1.82, 2.24) is 9.13 Å². The van der Waals surface area contributed by atoms with E-state index in [-0.39, 0.29) is 0 Å². The van der Waals surface area contributed by atoms with Crippen LogP contribution in [0, 0.1) is 34.0 Å². The fourth-order valence-corrected chi connectivity index (χ4v) is 7.40. The van der Waals surface area contributed by atoms with Crippen molar-refractivity contribution in [3.63, 3.8) is 0 Å². The quantitative estimate of drug-likeness (QED) is 0.193.